The first kappa shape index (κ1) is 20.5. The predicted octanol–water partition coefficient (Wildman–Crippen LogP) is 3.12. The number of hydrogen-bond acceptors (Lipinski definition) is 4. The Kier molecular flexibility index (Phi) is 8.22. The second-order valence-corrected chi connectivity index (χ2v) is 6.61. The van der Waals surface area contributed by atoms with Crippen LogP contribution in [0.1, 0.15) is 44.6 Å². The highest BCUT2D eigenvalue weighted by atomic mass is 16.5. The standard InChI is InChI=1S/C16H25NO2.C3H6O2/c1-17(2)12-14-7-4-5-10-16(14,18)13-8-6-9-15(11-13)19-3;1-2-3(4)5/h6,8-9,11,14,18H,4-5,7,10,12H2,1-3H3;2H2,1H3,(H,4,5)/t14-,16+;/m1./s1. The lowest BCUT2D eigenvalue weighted by atomic mass is 9.71. The van der Waals surface area contributed by atoms with E-state index >= 15 is 0 Å². The van der Waals surface area contributed by atoms with Crippen molar-refractivity contribution in [2.24, 2.45) is 5.92 Å². The second-order valence-electron chi connectivity index (χ2n) is 6.61. The van der Waals surface area contributed by atoms with Gasteiger partial charge in [0.25, 0.3) is 0 Å². The molecule has 24 heavy (non-hydrogen) atoms. The van der Waals surface area contributed by atoms with Crippen LogP contribution >= 0.6 is 0 Å². The van der Waals surface area contributed by atoms with E-state index in [1.54, 1.807) is 14.0 Å². The van der Waals surface area contributed by atoms with E-state index in [0.29, 0.717) is 5.92 Å². The molecule has 0 aliphatic heterocycles. The largest absolute Gasteiger partial charge is 0.497 e. The van der Waals surface area contributed by atoms with Gasteiger partial charge in [-0.25, -0.2) is 0 Å². The monoisotopic (exact) mass is 337 g/mol. The van der Waals surface area contributed by atoms with Crippen LogP contribution in [0.5, 0.6) is 5.75 Å². The summed E-state index contributed by atoms with van der Waals surface area (Å²) in [6, 6.07) is 7.90. The fourth-order valence-electron chi connectivity index (χ4n) is 3.18. The Hall–Kier alpha value is -1.59. The normalized spacial score (nSPS) is 23.3. The third-order valence-corrected chi connectivity index (χ3v) is 4.49. The van der Waals surface area contributed by atoms with Crippen LogP contribution in [-0.2, 0) is 10.4 Å². The molecule has 0 spiro atoms. The molecule has 0 saturated heterocycles. The van der Waals surface area contributed by atoms with Gasteiger partial charge in [-0.3, -0.25) is 4.79 Å². The maximum Gasteiger partial charge on any atom is 0.303 e. The van der Waals surface area contributed by atoms with Crippen molar-refractivity contribution in [3.05, 3.63) is 29.8 Å². The molecule has 1 fully saturated rings. The molecule has 2 N–H and O–H groups in total. The molecule has 1 aliphatic carbocycles. The van der Waals surface area contributed by atoms with Crippen molar-refractivity contribution in [2.45, 2.75) is 44.6 Å². The average molecular weight is 337 g/mol. The van der Waals surface area contributed by atoms with Crippen molar-refractivity contribution < 1.29 is 19.7 Å². The summed E-state index contributed by atoms with van der Waals surface area (Å²) in [5.74, 6) is 0.369. The van der Waals surface area contributed by atoms with Gasteiger partial charge in [-0.05, 0) is 44.6 Å². The number of aliphatic carboxylic acids is 1. The van der Waals surface area contributed by atoms with Crippen LogP contribution in [0.4, 0.5) is 0 Å². The lowest BCUT2D eigenvalue weighted by molar-refractivity contribution is -0.136. The third kappa shape index (κ3) is 5.80. The van der Waals surface area contributed by atoms with E-state index in [1.807, 2.05) is 24.3 Å². The van der Waals surface area contributed by atoms with Gasteiger partial charge >= 0.3 is 5.97 Å². The molecule has 0 heterocycles. The van der Waals surface area contributed by atoms with Gasteiger partial charge in [0.1, 0.15) is 5.75 Å². The zero-order valence-electron chi connectivity index (χ0n) is 15.3. The fourth-order valence-corrected chi connectivity index (χ4v) is 3.18. The Balaban J connectivity index is 0.000000505. The van der Waals surface area contributed by atoms with E-state index in [9.17, 15) is 9.90 Å². The molecule has 2 rings (SSSR count). The van der Waals surface area contributed by atoms with E-state index in [1.165, 1.54) is 6.42 Å². The summed E-state index contributed by atoms with van der Waals surface area (Å²) in [5.41, 5.74) is 0.287. The summed E-state index contributed by atoms with van der Waals surface area (Å²) in [5, 5.41) is 18.9. The van der Waals surface area contributed by atoms with Crippen molar-refractivity contribution >= 4 is 5.97 Å². The number of hydrogen-bond donors (Lipinski definition) is 2. The molecule has 1 saturated carbocycles. The van der Waals surface area contributed by atoms with Crippen LogP contribution in [0.3, 0.4) is 0 Å². The van der Waals surface area contributed by atoms with Gasteiger partial charge in [0.2, 0.25) is 0 Å². The fraction of sp³-hybridized carbons (Fsp3) is 0.632. The number of methoxy groups -OCH3 is 1. The van der Waals surface area contributed by atoms with Gasteiger partial charge in [0, 0.05) is 18.9 Å². The van der Waals surface area contributed by atoms with Crippen molar-refractivity contribution in [3.63, 3.8) is 0 Å². The van der Waals surface area contributed by atoms with Gasteiger partial charge in [-0.2, -0.15) is 0 Å². The number of aliphatic hydroxyl groups is 1. The number of carboxylic acid groups (broad SMARTS) is 1. The maximum absolute atomic E-state index is 11.2. The summed E-state index contributed by atoms with van der Waals surface area (Å²) in [6.07, 6.45) is 4.47. The summed E-state index contributed by atoms with van der Waals surface area (Å²) in [4.78, 5) is 11.5. The molecule has 0 bridgehead atoms. The lowest BCUT2D eigenvalue weighted by Gasteiger charge is -2.41. The zero-order chi connectivity index (χ0) is 18.2. The minimum atomic E-state index is -0.745. The summed E-state index contributed by atoms with van der Waals surface area (Å²) in [6.45, 7) is 2.52. The molecular weight excluding hydrogens is 306 g/mol. The van der Waals surface area contributed by atoms with E-state index in [2.05, 4.69) is 19.0 Å². The number of ether oxygens (including phenoxy) is 1. The summed E-state index contributed by atoms with van der Waals surface area (Å²) >= 11 is 0. The van der Waals surface area contributed by atoms with Crippen LogP contribution in [0.15, 0.2) is 24.3 Å². The molecule has 0 radical (unpaired) electrons. The maximum atomic E-state index is 11.2. The Morgan fingerprint density at radius 2 is 2.04 bits per heavy atom. The van der Waals surface area contributed by atoms with Crippen LogP contribution < -0.4 is 4.74 Å². The number of rotatable bonds is 5. The molecule has 0 aromatic heterocycles. The highest BCUT2D eigenvalue weighted by Crippen LogP contribution is 2.42. The smallest absolute Gasteiger partial charge is 0.303 e. The molecule has 136 valence electrons. The lowest BCUT2D eigenvalue weighted by Crippen LogP contribution is -2.43. The number of nitrogens with zero attached hydrogens (tertiary/aromatic N) is 1. The van der Waals surface area contributed by atoms with Gasteiger partial charge in [0.15, 0.2) is 0 Å². The van der Waals surface area contributed by atoms with E-state index in [0.717, 1.165) is 37.1 Å². The van der Waals surface area contributed by atoms with Crippen LogP contribution in [0, 0.1) is 5.92 Å². The molecule has 2 atom stereocenters. The second kappa shape index (κ2) is 9.64. The first-order valence-electron chi connectivity index (χ1n) is 8.57. The zero-order valence-corrected chi connectivity index (χ0v) is 15.3. The quantitative estimate of drug-likeness (QED) is 0.864. The van der Waals surface area contributed by atoms with Crippen LogP contribution in [-0.4, -0.2) is 48.8 Å². The molecule has 0 unspecified atom stereocenters. The molecule has 1 aromatic carbocycles. The minimum absolute atomic E-state index is 0.222. The third-order valence-electron chi connectivity index (χ3n) is 4.49. The average Bonchev–Trinajstić information content (AvgIpc) is 2.57. The van der Waals surface area contributed by atoms with Gasteiger partial charge in [0.05, 0.1) is 12.7 Å². The van der Waals surface area contributed by atoms with Crippen molar-refractivity contribution in [1.29, 1.82) is 0 Å². The molecule has 1 aliphatic rings. The van der Waals surface area contributed by atoms with Crippen molar-refractivity contribution in [1.82, 2.24) is 4.90 Å². The SMILES string of the molecule is CCC(=O)O.COc1cccc([C@@]2(O)CCCC[C@@H]2CN(C)C)c1. The Morgan fingerprint density at radius 3 is 2.58 bits per heavy atom. The molecule has 0 amide bonds. The van der Waals surface area contributed by atoms with Crippen LogP contribution in [0.25, 0.3) is 0 Å². The predicted molar refractivity (Wildman–Crippen MR) is 95.3 cm³/mol. The van der Waals surface area contributed by atoms with Crippen molar-refractivity contribution in [3.8, 4) is 5.75 Å². The van der Waals surface area contributed by atoms with Crippen LogP contribution in [0.2, 0.25) is 0 Å². The van der Waals surface area contributed by atoms with E-state index in [-0.39, 0.29) is 6.42 Å². The minimum Gasteiger partial charge on any atom is -0.497 e. The van der Waals surface area contributed by atoms with Crippen molar-refractivity contribution in [2.75, 3.05) is 27.7 Å². The van der Waals surface area contributed by atoms with E-state index < -0.39 is 11.6 Å². The summed E-state index contributed by atoms with van der Waals surface area (Å²) < 4.78 is 5.29. The van der Waals surface area contributed by atoms with Gasteiger partial charge < -0.3 is 19.8 Å². The summed E-state index contributed by atoms with van der Waals surface area (Å²) in [7, 11) is 5.81. The number of carbonyl (C=O) groups is 1. The van der Waals surface area contributed by atoms with Gasteiger partial charge in [-0.15, -0.1) is 0 Å². The Labute approximate surface area is 145 Å². The molecule has 1 aromatic rings. The molecule has 5 nitrogen and oxygen atoms in total. The molecular formula is C19H31NO4. The number of carboxylic acids is 1. The van der Waals surface area contributed by atoms with E-state index in [4.69, 9.17) is 9.84 Å². The highest BCUT2D eigenvalue weighted by molar-refractivity contribution is 5.66. The Bertz CT molecular complexity index is 518. The van der Waals surface area contributed by atoms with Gasteiger partial charge in [-0.1, -0.05) is 31.9 Å². The number of benzene rings is 1. The topological polar surface area (TPSA) is 70.0 Å². The first-order chi connectivity index (χ1) is 11.3. The highest BCUT2D eigenvalue weighted by Gasteiger charge is 2.40. The Morgan fingerprint density at radius 1 is 1.38 bits per heavy atom. The molecule has 5 heteroatoms. The first-order valence-corrected chi connectivity index (χ1v) is 8.57.